The van der Waals surface area contributed by atoms with Crippen LogP contribution in [0.3, 0.4) is 0 Å². The molecule has 0 bridgehead atoms. The van der Waals surface area contributed by atoms with Crippen LogP contribution in [0.25, 0.3) is 0 Å². The number of phenols is 1. The van der Waals surface area contributed by atoms with Gasteiger partial charge in [0.1, 0.15) is 18.1 Å². The van der Waals surface area contributed by atoms with E-state index in [0.29, 0.717) is 12.8 Å². The van der Waals surface area contributed by atoms with Crippen molar-refractivity contribution in [3.8, 4) is 11.5 Å². The van der Waals surface area contributed by atoms with Gasteiger partial charge in [-0.2, -0.15) is 26.3 Å². The summed E-state index contributed by atoms with van der Waals surface area (Å²) in [5.74, 6) is -16.3. The topological polar surface area (TPSA) is 38.7 Å². The number of hydrogen-bond donors (Lipinski definition) is 1. The summed E-state index contributed by atoms with van der Waals surface area (Å²) in [4.78, 5) is 0. The molecule has 0 spiro atoms. The fourth-order valence-electron chi connectivity index (χ4n) is 1.61. The SMILES string of the molecule is CCCCOCC(F)(F)C(F)(F)C(F)(F)COc1ccc(O)cc1. The first kappa shape index (κ1) is 20.4. The van der Waals surface area contributed by atoms with Crippen molar-refractivity contribution in [1.29, 1.82) is 0 Å². The molecule has 0 aliphatic carbocycles. The average Bonchev–Trinajstić information content (AvgIpc) is 2.51. The Labute approximate surface area is 135 Å². The molecule has 0 fully saturated rings. The third-order valence-corrected chi connectivity index (χ3v) is 3.10. The lowest BCUT2D eigenvalue weighted by atomic mass is 10.1. The van der Waals surface area contributed by atoms with Crippen molar-refractivity contribution in [2.75, 3.05) is 19.8 Å². The molecular weight excluding hydrogens is 342 g/mol. The molecule has 0 heterocycles. The zero-order valence-electron chi connectivity index (χ0n) is 12.9. The number of rotatable bonds is 10. The van der Waals surface area contributed by atoms with Crippen LogP contribution in [-0.2, 0) is 4.74 Å². The molecule has 0 radical (unpaired) electrons. The van der Waals surface area contributed by atoms with E-state index in [-0.39, 0.29) is 18.1 Å². The van der Waals surface area contributed by atoms with E-state index in [0.717, 1.165) is 24.3 Å². The van der Waals surface area contributed by atoms with Crippen LogP contribution in [0.5, 0.6) is 11.5 Å². The molecular formula is C15H18F6O3. The summed E-state index contributed by atoms with van der Waals surface area (Å²) in [5, 5.41) is 9.00. The molecule has 1 rings (SSSR count). The molecule has 1 aromatic carbocycles. The summed E-state index contributed by atoms with van der Waals surface area (Å²) in [7, 11) is 0. The standard InChI is InChI=1S/C15H18F6O3/c1-2-3-8-23-9-13(16,17)15(20,21)14(18,19)10-24-12-6-4-11(22)5-7-12/h4-7,22H,2-3,8-10H2,1H3. The number of aromatic hydroxyl groups is 1. The van der Waals surface area contributed by atoms with E-state index in [1.54, 1.807) is 6.92 Å². The van der Waals surface area contributed by atoms with Gasteiger partial charge in [0, 0.05) is 6.61 Å². The Hall–Kier alpha value is -1.64. The molecule has 0 amide bonds. The molecule has 1 aromatic rings. The molecule has 0 saturated heterocycles. The van der Waals surface area contributed by atoms with Crippen molar-refractivity contribution in [3.05, 3.63) is 24.3 Å². The number of benzene rings is 1. The Bertz CT molecular complexity index is 504. The molecule has 0 aliphatic rings. The van der Waals surface area contributed by atoms with Crippen LogP contribution in [0.2, 0.25) is 0 Å². The number of alkyl halides is 6. The zero-order chi connectivity index (χ0) is 18.4. The van der Waals surface area contributed by atoms with E-state index in [9.17, 15) is 26.3 Å². The van der Waals surface area contributed by atoms with Gasteiger partial charge in [-0.15, -0.1) is 0 Å². The summed E-state index contributed by atoms with van der Waals surface area (Å²) >= 11 is 0. The van der Waals surface area contributed by atoms with Gasteiger partial charge in [0.25, 0.3) is 0 Å². The lowest BCUT2D eigenvalue weighted by molar-refractivity contribution is -0.324. The van der Waals surface area contributed by atoms with E-state index in [1.165, 1.54) is 0 Å². The Balaban J connectivity index is 2.71. The average molecular weight is 360 g/mol. The summed E-state index contributed by atoms with van der Waals surface area (Å²) in [6.07, 6.45) is 0.931. The Morgan fingerprint density at radius 2 is 1.46 bits per heavy atom. The second-order valence-electron chi connectivity index (χ2n) is 5.17. The van der Waals surface area contributed by atoms with Crippen molar-refractivity contribution in [2.45, 2.75) is 37.5 Å². The van der Waals surface area contributed by atoms with Crippen LogP contribution < -0.4 is 4.74 Å². The fraction of sp³-hybridized carbons (Fsp3) is 0.600. The van der Waals surface area contributed by atoms with Crippen LogP contribution >= 0.6 is 0 Å². The molecule has 9 heteroatoms. The molecule has 3 nitrogen and oxygen atoms in total. The Morgan fingerprint density at radius 3 is 2.00 bits per heavy atom. The highest BCUT2D eigenvalue weighted by molar-refractivity contribution is 5.30. The van der Waals surface area contributed by atoms with Crippen LogP contribution in [0.1, 0.15) is 19.8 Å². The van der Waals surface area contributed by atoms with Gasteiger partial charge in [-0.3, -0.25) is 0 Å². The summed E-state index contributed by atoms with van der Waals surface area (Å²) < 4.78 is 90.0. The maximum absolute atomic E-state index is 13.6. The molecule has 24 heavy (non-hydrogen) atoms. The third-order valence-electron chi connectivity index (χ3n) is 3.10. The molecule has 1 N–H and O–H groups in total. The van der Waals surface area contributed by atoms with Gasteiger partial charge in [-0.25, -0.2) is 0 Å². The number of hydrogen-bond acceptors (Lipinski definition) is 3. The molecule has 0 unspecified atom stereocenters. The molecule has 0 saturated carbocycles. The summed E-state index contributed by atoms with van der Waals surface area (Å²) in [6, 6.07) is 4.22. The zero-order valence-corrected chi connectivity index (χ0v) is 12.9. The summed E-state index contributed by atoms with van der Waals surface area (Å²) in [6.45, 7) is -2.26. The normalized spacial score (nSPS) is 13.1. The molecule has 0 aromatic heterocycles. The lowest BCUT2D eigenvalue weighted by Crippen LogP contribution is -2.58. The number of phenolic OH excluding ortho intramolecular Hbond substituents is 1. The molecule has 0 atom stereocenters. The number of halogens is 6. The van der Waals surface area contributed by atoms with Gasteiger partial charge in [-0.05, 0) is 30.7 Å². The van der Waals surface area contributed by atoms with Gasteiger partial charge in [0.15, 0.2) is 6.61 Å². The van der Waals surface area contributed by atoms with E-state index in [2.05, 4.69) is 9.47 Å². The third kappa shape index (κ3) is 4.93. The van der Waals surface area contributed by atoms with E-state index < -0.39 is 31.0 Å². The Kier molecular flexibility index (Phi) is 6.76. The minimum Gasteiger partial charge on any atom is -0.508 e. The van der Waals surface area contributed by atoms with Crippen LogP contribution in [-0.4, -0.2) is 42.7 Å². The minimum absolute atomic E-state index is 0.199. The highest BCUT2D eigenvalue weighted by Crippen LogP contribution is 2.46. The predicted octanol–water partition coefficient (Wildman–Crippen LogP) is 4.49. The van der Waals surface area contributed by atoms with Crippen LogP contribution in [0.4, 0.5) is 26.3 Å². The van der Waals surface area contributed by atoms with E-state index in [4.69, 9.17) is 5.11 Å². The Morgan fingerprint density at radius 1 is 0.917 bits per heavy atom. The first-order valence-corrected chi connectivity index (χ1v) is 7.16. The van der Waals surface area contributed by atoms with Gasteiger partial charge in [0.2, 0.25) is 0 Å². The monoisotopic (exact) mass is 360 g/mol. The van der Waals surface area contributed by atoms with Gasteiger partial charge in [0.05, 0.1) is 0 Å². The number of unbranched alkanes of at least 4 members (excludes halogenated alkanes) is 1. The maximum atomic E-state index is 13.6. The number of ether oxygens (including phenoxy) is 2. The van der Waals surface area contributed by atoms with Crippen molar-refractivity contribution >= 4 is 0 Å². The van der Waals surface area contributed by atoms with Crippen molar-refractivity contribution in [2.24, 2.45) is 0 Å². The van der Waals surface area contributed by atoms with Crippen molar-refractivity contribution in [3.63, 3.8) is 0 Å². The molecule has 138 valence electrons. The summed E-state index contributed by atoms with van der Waals surface area (Å²) in [5.41, 5.74) is 0. The predicted molar refractivity (Wildman–Crippen MR) is 74.2 cm³/mol. The van der Waals surface area contributed by atoms with Crippen LogP contribution in [0, 0.1) is 0 Å². The second-order valence-corrected chi connectivity index (χ2v) is 5.17. The quantitative estimate of drug-likeness (QED) is 0.493. The minimum atomic E-state index is -5.65. The van der Waals surface area contributed by atoms with Crippen LogP contribution in [0.15, 0.2) is 24.3 Å². The fourth-order valence-corrected chi connectivity index (χ4v) is 1.61. The van der Waals surface area contributed by atoms with E-state index in [1.807, 2.05) is 0 Å². The van der Waals surface area contributed by atoms with E-state index >= 15 is 0 Å². The van der Waals surface area contributed by atoms with Gasteiger partial charge < -0.3 is 14.6 Å². The first-order chi connectivity index (χ1) is 11.0. The smallest absolute Gasteiger partial charge is 0.377 e. The maximum Gasteiger partial charge on any atom is 0.377 e. The largest absolute Gasteiger partial charge is 0.508 e. The second kappa shape index (κ2) is 7.96. The first-order valence-electron chi connectivity index (χ1n) is 7.16. The van der Waals surface area contributed by atoms with Gasteiger partial charge in [-0.1, -0.05) is 13.3 Å². The van der Waals surface area contributed by atoms with Crippen molar-refractivity contribution in [1.82, 2.24) is 0 Å². The molecule has 0 aliphatic heterocycles. The van der Waals surface area contributed by atoms with Crippen molar-refractivity contribution < 1.29 is 40.9 Å². The van der Waals surface area contributed by atoms with Gasteiger partial charge >= 0.3 is 17.8 Å². The lowest BCUT2D eigenvalue weighted by Gasteiger charge is -2.32. The highest BCUT2D eigenvalue weighted by Gasteiger charge is 2.71. The highest BCUT2D eigenvalue weighted by atomic mass is 19.3.